The maximum Gasteiger partial charge on any atom is 0.410 e. The van der Waals surface area contributed by atoms with Crippen LogP contribution < -0.4 is 9.47 Å². The van der Waals surface area contributed by atoms with Gasteiger partial charge >= 0.3 is 12.1 Å². The van der Waals surface area contributed by atoms with Gasteiger partial charge < -0.3 is 23.8 Å². The van der Waals surface area contributed by atoms with Gasteiger partial charge in [-0.25, -0.2) is 13.6 Å². The lowest BCUT2D eigenvalue weighted by Crippen LogP contribution is -2.53. The number of ether oxygens (including phenoxy) is 4. The summed E-state index contributed by atoms with van der Waals surface area (Å²) >= 11 is 0. The van der Waals surface area contributed by atoms with Crippen molar-refractivity contribution in [3.63, 3.8) is 0 Å². The average molecular weight is 741 g/mol. The highest BCUT2D eigenvalue weighted by molar-refractivity contribution is 5.90. The first-order valence-electron chi connectivity index (χ1n) is 18.2. The highest BCUT2D eigenvalue weighted by atomic mass is 19.2. The number of carbonyl (C=O) groups excluding carboxylic acids is 3. The van der Waals surface area contributed by atoms with Gasteiger partial charge in [-0.15, -0.1) is 0 Å². The molecule has 1 unspecified atom stereocenters. The summed E-state index contributed by atoms with van der Waals surface area (Å²) in [6.07, 6.45) is 0.485. The van der Waals surface area contributed by atoms with E-state index in [4.69, 9.17) is 18.9 Å². The van der Waals surface area contributed by atoms with Crippen LogP contribution in [-0.2, 0) is 19.1 Å². The number of amides is 2. The van der Waals surface area contributed by atoms with Gasteiger partial charge in [0.15, 0.2) is 11.6 Å². The van der Waals surface area contributed by atoms with Crippen molar-refractivity contribution in [2.24, 2.45) is 5.92 Å². The summed E-state index contributed by atoms with van der Waals surface area (Å²) < 4.78 is 50.5. The molecule has 0 radical (unpaired) electrons. The highest BCUT2D eigenvalue weighted by Gasteiger charge is 2.38. The highest BCUT2D eigenvalue weighted by Crippen LogP contribution is 2.44. The lowest BCUT2D eigenvalue weighted by Gasteiger charge is -2.37. The van der Waals surface area contributed by atoms with Crippen molar-refractivity contribution in [1.29, 1.82) is 0 Å². The SMILES string of the molecule is COc1cc(F)c(F)cc1-c1ccc(OCC2CCCN(C(=O)[C@H](CC(=O)OC(C)(C)C)N(C)C(=O)OCC3c4ccccc4-c4ccccc43)C2)cc1. The molecule has 4 aromatic carbocycles. The van der Waals surface area contributed by atoms with Crippen LogP contribution in [0, 0.1) is 17.6 Å². The largest absolute Gasteiger partial charge is 0.496 e. The minimum absolute atomic E-state index is 0.0180. The predicted octanol–water partition coefficient (Wildman–Crippen LogP) is 8.24. The van der Waals surface area contributed by atoms with Crippen LogP contribution in [0.3, 0.4) is 0 Å². The zero-order chi connectivity index (χ0) is 38.6. The number of likely N-dealkylation sites (tertiary alicyclic amines) is 1. The van der Waals surface area contributed by atoms with Crippen molar-refractivity contribution >= 4 is 18.0 Å². The van der Waals surface area contributed by atoms with E-state index in [2.05, 4.69) is 12.1 Å². The number of nitrogens with zero attached hydrogens (tertiary/aromatic N) is 2. The lowest BCUT2D eigenvalue weighted by atomic mass is 9.97. The Morgan fingerprint density at radius 2 is 1.50 bits per heavy atom. The Hall–Kier alpha value is -5.45. The standard InChI is InChI=1S/C43H46F2N2O7/c1-43(2,3)54-40(48)23-38(46(4)42(50)53-26-35-32-14-8-6-12-30(32)31-13-7-9-15-33(31)35)41(49)47-20-10-11-27(24-47)25-52-29-18-16-28(17-19-29)34-21-36(44)37(45)22-39(34)51-5/h6-9,12-19,21-22,27,35,38H,10-11,20,23-26H2,1-5H3/t27?,38-/m0/s1. The second-order valence-corrected chi connectivity index (χ2v) is 14.8. The van der Waals surface area contributed by atoms with Gasteiger partial charge in [0.2, 0.25) is 5.91 Å². The van der Waals surface area contributed by atoms with Crippen molar-refractivity contribution in [2.45, 2.75) is 57.6 Å². The van der Waals surface area contributed by atoms with Gasteiger partial charge in [0.1, 0.15) is 29.7 Å². The molecule has 1 saturated heterocycles. The molecule has 54 heavy (non-hydrogen) atoms. The third-order valence-corrected chi connectivity index (χ3v) is 9.88. The van der Waals surface area contributed by atoms with E-state index < -0.39 is 35.3 Å². The van der Waals surface area contributed by atoms with Crippen LogP contribution in [0.1, 0.15) is 57.1 Å². The molecule has 0 spiro atoms. The number of piperidine rings is 1. The molecule has 0 aromatic heterocycles. The van der Waals surface area contributed by atoms with Crippen molar-refractivity contribution in [2.75, 3.05) is 40.5 Å². The van der Waals surface area contributed by atoms with Gasteiger partial charge in [0.25, 0.3) is 0 Å². The Morgan fingerprint density at radius 3 is 2.13 bits per heavy atom. The van der Waals surface area contributed by atoms with Crippen LogP contribution in [0.4, 0.5) is 13.6 Å². The third kappa shape index (κ3) is 8.67. The monoisotopic (exact) mass is 740 g/mol. The van der Waals surface area contributed by atoms with Crippen molar-refractivity contribution in [3.05, 3.63) is 108 Å². The van der Waals surface area contributed by atoms with Gasteiger partial charge in [0.05, 0.1) is 20.1 Å². The molecular weight excluding hydrogens is 694 g/mol. The summed E-state index contributed by atoms with van der Waals surface area (Å²) in [4.78, 5) is 43.8. The predicted molar refractivity (Wildman–Crippen MR) is 200 cm³/mol. The zero-order valence-corrected chi connectivity index (χ0v) is 31.3. The minimum atomic E-state index is -1.14. The number of hydrogen-bond acceptors (Lipinski definition) is 7. The van der Waals surface area contributed by atoms with Crippen LogP contribution in [0.25, 0.3) is 22.3 Å². The third-order valence-electron chi connectivity index (χ3n) is 9.88. The fourth-order valence-electron chi connectivity index (χ4n) is 7.23. The van der Waals surface area contributed by atoms with Gasteiger partial charge in [-0.2, -0.15) is 0 Å². The normalized spacial score (nSPS) is 15.8. The summed E-state index contributed by atoms with van der Waals surface area (Å²) in [6.45, 7) is 6.47. The Bertz CT molecular complexity index is 1950. The van der Waals surface area contributed by atoms with E-state index in [1.807, 2.05) is 36.4 Å². The summed E-state index contributed by atoms with van der Waals surface area (Å²) in [6, 6.07) is 24.0. The molecule has 4 aromatic rings. The Morgan fingerprint density at radius 1 is 0.870 bits per heavy atom. The van der Waals surface area contributed by atoms with Crippen LogP contribution in [0.2, 0.25) is 0 Å². The maximum atomic E-state index is 14.2. The smallest absolute Gasteiger partial charge is 0.410 e. The lowest BCUT2D eigenvalue weighted by molar-refractivity contribution is -0.158. The Labute approximate surface area is 314 Å². The quantitative estimate of drug-likeness (QED) is 0.143. The topological polar surface area (TPSA) is 94.6 Å². The first-order chi connectivity index (χ1) is 25.8. The van der Waals surface area contributed by atoms with Gasteiger partial charge in [-0.05, 0) is 79.6 Å². The zero-order valence-electron chi connectivity index (χ0n) is 31.3. The van der Waals surface area contributed by atoms with E-state index in [0.717, 1.165) is 40.8 Å². The number of carbonyl (C=O) groups is 3. The molecular formula is C43H46F2N2O7. The van der Waals surface area contributed by atoms with Crippen LogP contribution in [-0.4, -0.2) is 79.9 Å². The average Bonchev–Trinajstić information content (AvgIpc) is 3.48. The second kappa shape index (κ2) is 16.3. The number of benzene rings is 4. The molecule has 0 bridgehead atoms. The Balaban J connectivity index is 1.11. The number of esters is 1. The molecule has 1 aliphatic carbocycles. The molecule has 6 rings (SSSR count). The van der Waals surface area contributed by atoms with Crippen LogP contribution >= 0.6 is 0 Å². The minimum Gasteiger partial charge on any atom is -0.496 e. The number of hydrogen-bond donors (Lipinski definition) is 0. The van der Waals surface area contributed by atoms with Gasteiger partial charge in [-0.3, -0.25) is 14.5 Å². The summed E-state index contributed by atoms with van der Waals surface area (Å²) in [7, 11) is 2.88. The molecule has 1 heterocycles. The van der Waals surface area contributed by atoms with Crippen molar-refractivity contribution in [1.82, 2.24) is 9.80 Å². The summed E-state index contributed by atoms with van der Waals surface area (Å²) in [5.74, 6) is -2.33. The molecule has 284 valence electrons. The maximum absolute atomic E-state index is 14.2. The van der Waals surface area contributed by atoms with Crippen molar-refractivity contribution < 1.29 is 42.1 Å². The molecule has 0 saturated carbocycles. The number of rotatable bonds is 11. The van der Waals surface area contributed by atoms with E-state index in [1.165, 1.54) is 19.1 Å². The first kappa shape index (κ1) is 38.3. The van der Waals surface area contributed by atoms with Gasteiger partial charge in [0, 0.05) is 43.6 Å². The first-order valence-corrected chi connectivity index (χ1v) is 18.2. The van der Waals surface area contributed by atoms with E-state index in [0.29, 0.717) is 43.0 Å². The van der Waals surface area contributed by atoms with Gasteiger partial charge in [-0.1, -0.05) is 60.7 Å². The van der Waals surface area contributed by atoms with E-state index in [1.54, 1.807) is 49.9 Å². The molecule has 1 fully saturated rings. The van der Waals surface area contributed by atoms with E-state index >= 15 is 0 Å². The number of methoxy groups -OCH3 is 1. The fraction of sp³-hybridized carbons (Fsp3) is 0.372. The molecule has 9 nitrogen and oxygen atoms in total. The fourth-order valence-corrected chi connectivity index (χ4v) is 7.23. The van der Waals surface area contributed by atoms with Crippen LogP contribution in [0.5, 0.6) is 11.5 Å². The number of likely N-dealkylation sites (N-methyl/N-ethyl adjacent to an activating group) is 1. The van der Waals surface area contributed by atoms with E-state index in [-0.39, 0.29) is 36.5 Å². The number of fused-ring (bicyclic) bond motifs is 3. The number of halogens is 2. The molecule has 2 atom stereocenters. The van der Waals surface area contributed by atoms with Crippen LogP contribution in [0.15, 0.2) is 84.9 Å². The molecule has 0 N–H and O–H groups in total. The summed E-state index contributed by atoms with van der Waals surface area (Å²) in [5.41, 5.74) is 4.59. The molecule has 2 aliphatic rings. The van der Waals surface area contributed by atoms with E-state index in [9.17, 15) is 23.2 Å². The second-order valence-electron chi connectivity index (χ2n) is 14.8. The molecule has 2 amide bonds. The van der Waals surface area contributed by atoms with Crippen molar-refractivity contribution in [3.8, 4) is 33.8 Å². The Kier molecular flexibility index (Phi) is 11.5. The molecule has 11 heteroatoms. The summed E-state index contributed by atoms with van der Waals surface area (Å²) in [5, 5.41) is 0. The molecule has 1 aliphatic heterocycles.